The first-order valence-corrected chi connectivity index (χ1v) is 5.52. The van der Waals surface area contributed by atoms with E-state index < -0.39 is 0 Å². The van der Waals surface area contributed by atoms with Crippen LogP contribution in [-0.2, 0) is 0 Å². The number of hydrogen-bond acceptors (Lipinski definition) is 4. The number of rotatable bonds is 4. The van der Waals surface area contributed by atoms with Crippen molar-refractivity contribution in [1.29, 1.82) is 5.41 Å². The molecule has 0 unspecified atom stereocenters. The molecular formula is C12H18N6. The largest absolute Gasteiger partial charge is 0.393 e. The molecule has 0 fully saturated rings. The highest BCUT2D eigenvalue weighted by atomic mass is 15.3. The standard InChI is InChI=1S/C12H18N6/c1-14-8-9-18(3)12(13)17-16-11-6-4-10(15-2)5-7-11/h4-9,13-15H,1-3H3/b9-8-,13-12?,17-16+. The second kappa shape index (κ2) is 7.05. The third kappa shape index (κ3) is 4.25. The highest BCUT2D eigenvalue weighted by molar-refractivity contribution is 5.78. The van der Waals surface area contributed by atoms with Gasteiger partial charge < -0.3 is 15.5 Å². The Morgan fingerprint density at radius 3 is 2.50 bits per heavy atom. The molecule has 0 saturated carbocycles. The van der Waals surface area contributed by atoms with Crippen molar-refractivity contribution in [1.82, 2.24) is 10.2 Å². The molecule has 0 heterocycles. The molecule has 1 aromatic rings. The average Bonchev–Trinajstić information content (AvgIpc) is 2.42. The Hall–Kier alpha value is -2.37. The molecule has 0 aromatic heterocycles. The maximum absolute atomic E-state index is 7.67. The van der Waals surface area contributed by atoms with E-state index in [0.717, 1.165) is 5.69 Å². The van der Waals surface area contributed by atoms with Crippen LogP contribution in [0.4, 0.5) is 11.4 Å². The molecule has 0 atom stereocenters. The van der Waals surface area contributed by atoms with Crippen molar-refractivity contribution < 1.29 is 0 Å². The van der Waals surface area contributed by atoms with Gasteiger partial charge in [-0.1, -0.05) is 0 Å². The maximum atomic E-state index is 7.67. The van der Waals surface area contributed by atoms with Crippen molar-refractivity contribution in [2.75, 3.05) is 26.5 Å². The van der Waals surface area contributed by atoms with E-state index in [2.05, 4.69) is 20.9 Å². The number of hydrogen-bond donors (Lipinski definition) is 3. The van der Waals surface area contributed by atoms with Gasteiger partial charge in [-0.25, -0.2) is 0 Å². The summed E-state index contributed by atoms with van der Waals surface area (Å²) in [6.07, 6.45) is 3.41. The van der Waals surface area contributed by atoms with Crippen LogP contribution in [0.15, 0.2) is 46.9 Å². The van der Waals surface area contributed by atoms with E-state index in [-0.39, 0.29) is 5.96 Å². The normalized spacial score (nSPS) is 10.8. The second-order valence-corrected chi connectivity index (χ2v) is 3.54. The van der Waals surface area contributed by atoms with Gasteiger partial charge in [0, 0.05) is 39.2 Å². The van der Waals surface area contributed by atoms with Gasteiger partial charge in [-0.2, -0.15) is 0 Å². The Labute approximate surface area is 107 Å². The molecule has 0 spiro atoms. The van der Waals surface area contributed by atoms with E-state index in [4.69, 9.17) is 5.41 Å². The first-order chi connectivity index (χ1) is 8.67. The summed E-state index contributed by atoms with van der Waals surface area (Å²) in [7, 11) is 5.38. The molecule has 0 saturated heterocycles. The predicted octanol–water partition coefficient (Wildman–Crippen LogP) is 2.37. The number of anilines is 1. The van der Waals surface area contributed by atoms with Crippen molar-refractivity contribution >= 4 is 17.3 Å². The molecule has 0 aliphatic rings. The van der Waals surface area contributed by atoms with Gasteiger partial charge in [-0.05, 0) is 24.3 Å². The molecule has 0 aliphatic heterocycles. The van der Waals surface area contributed by atoms with E-state index in [0.29, 0.717) is 5.69 Å². The topological polar surface area (TPSA) is 75.9 Å². The SMILES string of the molecule is CN/C=C\N(C)C(=N)/N=N/c1ccc(NC)cc1. The fourth-order valence-corrected chi connectivity index (χ4v) is 1.13. The molecule has 6 heteroatoms. The average molecular weight is 246 g/mol. The second-order valence-electron chi connectivity index (χ2n) is 3.54. The third-order valence-corrected chi connectivity index (χ3v) is 2.22. The molecule has 96 valence electrons. The fourth-order valence-electron chi connectivity index (χ4n) is 1.13. The van der Waals surface area contributed by atoms with E-state index in [1.807, 2.05) is 31.3 Å². The van der Waals surface area contributed by atoms with Crippen LogP contribution in [0.5, 0.6) is 0 Å². The smallest absolute Gasteiger partial charge is 0.241 e. The molecule has 0 aliphatic carbocycles. The van der Waals surface area contributed by atoms with Gasteiger partial charge in [0.25, 0.3) is 0 Å². The van der Waals surface area contributed by atoms with Crippen LogP contribution in [-0.4, -0.2) is 32.0 Å². The molecule has 0 radical (unpaired) electrons. The molecule has 1 aromatic carbocycles. The summed E-state index contributed by atoms with van der Waals surface area (Å²) in [5.74, 6) is 0.0687. The lowest BCUT2D eigenvalue weighted by molar-refractivity contribution is 0.661. The molecule has 0 bridgehead atoms. The molecule has 18 heavy (non-hydrogen) atoms. The minimum absolute atomic E-state index is 0.0687. The summed E-state index contributed by atoms with van der Waals surface area (Å²) in [6.45, 7) is 0. The van der Waals surface area contributed by atoms with Crippen molar-refractivity contribution in [2.24, 2.45) is 10.2 Å². The molecule has 1 rings (SSSR count). The highest BCUT2D eigenvalue weighted by Crippen LogP contribution is 2.16. The number of nitrogens with one attached hydrogen (secondary N) is 3. The number of azo groups is 1. The third-order valence-electron chi connectivity index (χ3n) is 2.22. The summed E-state index contributed by atoms with van der Waals surface area (Å²) >= 11 is 0. The van der Waals surface area contributed by atoms with Crippen LogP contribution >= 0.6 is 0 Å². The maximum Gasteiger partial charge on any atom is 0.241 e. The van der Waals surface area contributed by atoms with Crippen molar-refractivity contribution in [2.45, 2.75) is 0 Å². The Balaban J connectivity index is 2.62. The van der Waals surface area contributed by atoms with Crippen LogP contribution in [0.25, 0.3) is 0 Å². The van der Waals surface area contributed by atoms with Gasteiger partial charge in [0.2, 0.25) is 5.96 Å². The zero-order chi connectivity index (χ0) is 13.4. The predicted molar refractivity (Wildman–Crippen MR) is 74.2 cm³/mol. The Bertz CT molecular complexity index is 434. The molecule has 0 amide bonds. The number of nitrogens with zero attached hydrogens (tertiary/aromatic N) is 3. The lowest BCUT2D eigenvalue weighted by Crippen LogP contribution is -2.17. The first kappa shape index (κ1) is 13.7. The molecule has 3 N–H and O–H groups in total. The van der Waals surface area contributed by atoms with Crippen LogP contribution in [0.2, 0.25) is 0 Å². The summed E-state index contributed by atoms with van der Waals surface area (Å²) in [5, 5.41) is 21.4. The summed E-state index contributed by atoms with van der Waals surface area (Å²) in [5.41, 5.74) is 1.72. The Morgan fingerprint density at radius 2 is 1.94 bits per heavy atom. The Kier molecular flexibility index (Phi) is 5.37. The molecule has 6 nitrogen and oxygen atoms in total. The van der Waals surface area contributed by atoms with Crippen LogP contribution in [0, 0.1) is 5.41 Å². The van der Waals surface area contributed by atoms with Gasteiger partial charge in [0.05, 0.1) is 5.69 Å². The monoisotopic (exact) mass is 246 g/mol. The van der Waals surface area contributed by atoms with E-state index in [1.54, 1.807) is 31.4 Å². The van der Waals surface area contributed by atoms with Gasteiger partial charge >= 0.3 is 0 Å². The van der Waals surface area contributed by atoms with Crippen LogP contribution in [0.1, 0.15) is 0 Å². The minimum atomic E-state index is 0.0687. The lowest BCUT2D eigenvalue weighted by Gasteiger charge is -2.09. The fraction of sp³-hybridized carbons (Fsp3) is 0.250. The van der Waals surface area contributed by atoms with E-state index >= 15 is 0 Å². The zero-order valence-electron chi connectivity index (χ0n) is 10.8. The van der Waals surface area contributed by atoms with E-state index in [1.165, 1.54) is 0 Å². The summed E-state index contributed by atoms with van der Waals surface area (Å²) < 4.78 is 0. The van der Waals surface area contributed by atoms with Gasteiger partial charge in [-0.3, -0.25) is 5.41 Å². The quantitative estimate of drug-likeness (QED) is 0.433. The Morgan fingerprint density at radius 1 is 1.28 bits per heavy atom. The molecular weight excluding hydrogens is 228 g/mol. The first-order valence-electron chi connectivity index (χ1n) is 5.52. The van der Waals surface area contributed by atoms with E-state index in [9.17, 15) is 0 Å². The minimum Gasteiger partial charge on any atom is -0.393 e. The zero-order valence-corrected chi connectivity index (χ0v) is 10.8. The van der Waals surface area contributed by atoms with Gasteiger partial charge in [0.15, 0.2) is 0 Å². The number of benzene rings is 1. The van der Waals surface area contributed by atoms with Crippen molar-refractivity contribution in [3.8, 4) is 0 Å². The van der Waals surface area contributed by atoms with Crippen LogP contribution in [0.3, 0.4) is 0 Å². The number of guanidine groups is 1. The summed E-state index contributed by atoms with van der Waals surface area (Å²) in [4.78, 5) is 1.56. The van der Waals surface area contributed by atoms with Gasteiger partial charge in [-0.15, -0.1) is 10.2 Å². The lowest BCUT2D eigenvalue weighted by atomic mass is 10.3. The highest BCUT2D eigenvalue weighted by Gasteiger charge is 1.98. The summed E-state index contributed by atoms with van der Waals surface area (Å²) in [6, 6.07) is 7.49. The van der Waals surface area contributed by atoms with Crippen molar-refractivity contribution in [3.05, 3.63) is 36.7 Å². The van der Waals surface area contributed by atoms with Crippen molar-refractivity contribution in [3.63, 3.8) is 0 Å². The van der Waals surface area contributed by atoms with Crippen LogP contribution < -0.4 is 10.6 Å². The van der Waals surface area contributed by atoms with Gasteiger partial charge in [0.1, 0.15) is 0 Å².